The lowest BCUT2D eigenvalue weighted by Gasteiger charge is -2.20. The van der Waals surface area contributed by atoms with Crippen molar-refractivity contribution in [3.05, 3.63) is 17.6 Å². The van der Waals surface area contributed by atoms with Crippen molar-refractivity contribution in [1.82, 2.24) is 9.97 Å². The van der Waals surface area contributed by atoms with Gasteiger partial charge in [-0.05, 0) is 0 Å². The standard InChI is InChI=1S/C11H17N3O/c1-11(2,3)10-12-6-8(7-15)9(13-10)14(4)5/h6-7H,1-5H3. The first-order valence-electron chi connectivity index (χ1n) is 4.86. The van der Waals surface area contributed by atoms with Gasteiger partial charge in [-0.25, -0.2) is 9.97 Å². The zero-order chi connectivity index (χ0) is 11.6. The molecule has 15 heavy (non-hydrogen) atoms. The van der Waals surface area contributed by atoms with Crippen LogP contribution in [-0.2, 0) is 5.41 Å². The van der Waals surface area contributed by atoms with Gasteiger partial charge in [-0.2, -0.15) is 0 Å². The van der Waals surface area contributed by atoms with E-state index in [9.17, 15) is 4.79 Å². The van der Waals surface area contributed by atoms with E-state index in [0.717, 1.165) is 12.1 Å². The van der Waals surface area contributed by atoms with Gasteiger partial charge in [0.1, 0.15) is 11.6 Å². The van der Waals surface area contributed by atoms with Gasteiger partial charge in [-0.15, -0.1) is 0 Å². The molecular formula is C11H17N3O. The molecule has 0 aliphatic heterocycles. The second-order valence-electron chi connectivity index (χ2n) is 4.73. The van der Waals surface area contributed by atoms with Gasteiger partial charge in [0.25, 0.3) is 0 Å². The highest BCUT2D eigenvalue weighted by molar-refractivity contribution is 5.82. The number of aldehydes is 1. The highest BCUT2D eigenvalue weighted by Crippen LogP contribution is 2.21. The van der Waals surface area contributed by atoms with Crippen LogP contribution >= 0.6 is 0 Å². The van der Waals surface area contributed by atoms with E-state index in [0.29, 0.717) is 11.4 Å². The van der Waals surface area contributed by atoms with Crippen LogP contribution in [0.15, 0.2) is 6.20 Å². The van der Waals surface area contributed by atoms with Gasteiger partial charge >= 0.3 is 0 Å². The molecule has 0 saturated carbocycles. The Hall–Kier alpha value is -1.45. The van der Waals surface area contributed by atoms with E-state index in [2.05, 4.69) is 9.97 Å². The predicted octanol–water partition coefficient (Wildman–Crippen LogP) is 1.65. The maximum atomic E-state index is 10.8. The van der Waals surface area contributed by atoms with Crippen LogP contribution in [-0.4, -0.2) is 30.3 Å². The summed E-state index contributed by atoms with van der Waals surface area (Å²) in [7, 11) is 3.73. The van der Waals surface area contributed by atoms with Gasteiger partial charge in [0, 0.05) is 25.7 Å². The van der Waals surface area contributed by atoms with E-state index < -0.39 is 0 Å². The van der Waals surface area contributed by atoms with Gasteiger partial charge in [-0.3, -0.25) is 4.79 Å². The Morgan fingerprint density at radius 3 is 2.33 bits per heavy atom. The average molecular weight is 207 g/mol. The number of aromatic nitrogens is 2. The molecule has 0 aliphatic rings. The fourth-order valence-corrected chi connectivity index (χ4v) is 1.18. The maximum Gasteiger partial charge on any atom is 0.155 e. The largest absolute Gasteiger partial charge is 0.362 e. The van der Waals surface area contributed by atoms with E-state index in [4.69, 9.17) is 0 Å². The molecule has 1 rings (SSSR count). The van der Waals surface area contributed by atoms with E-state index >= 15 is 0 Å². The second kappa shape index (κ2) is 3.96. The molecule has 82 valence electrons. The SMILES string of the molecule is CN(C)c1nc(C(C)(C)C)ncc1C=O. The molecule has 1 aromatic rings. The van der Waals surface area contributed by atoms with Gasteiger partial charge in [0.2, 0.25) is 0 Å². The van der Waals surface area contributed by atoms with Crippen LogP contribution in [0, 0.1) is 0 Å². The summed E-state index contributed by atoms with van der Waals surface area (Å²) >= 11 is 0. The highest BCUT2D eigenvalue weighted by atomic mass is 16.1. The number of hydrogen-bond acceptors (Lipinski definition) is 4. The van der Waals surface area contributed by atoms with Crippen molar-refractivity contribution < 1.29 is 4.79 Å². The molecule has 0 saturated heterocycles. The molecular weight excluding hydrogens is 190 g/mol. The van der Waals surface area contributed by atoms with Crippen molar-refractivity contribution in [2.24, 2.45) is 0 Å². The van der Waals surface area contributed by atoms with Crippen LogP contribution in [0.2, 0.25) is 0 Å². The third-order valence-corrected chi connectivity index (χ3v) is 2.02. The quantitative estimate of drug-likeness (QED) is 0.692. The normalized spacial score (nSPS) is 11.3. The molecule has 0 aromatic carbocycles. The first kappa shape index (κ1) is 11.6. The Labute approximate surface area is 90.3 Å². The van der Waals surface area contributed by atoms with Crippen molar-refractivity contribution in [2.75, 3.05) is 19.0 Å². The number of anilines is 1. The summed E-state index contributed by atoms with van der Waals surface area (Å²) in [4.78, 5) is 21.2. The smallest absolute Gasteiger partial charge is 0.155 e. The van der Waals surface area contributed by atoms with Crippen LogP contribution < -0.4 is 4.90 Å². The molecule has 1 aromatic heterocycles. The fourth-order valence-electron chi connectivity index (χ4n) is 1.18. The lowest BCUT2D eigenvalue weighted by molar-refractivity contribution is 0.112. The molecule has 0 fully saturated rings. The topological polar surface area (TPSA) is 46.1 Å². The minimum atomic E-state index is -0.105. The van der Waals surface area contributed by atoms with Crippen molar-refractivity contribution in [3.8, 4) is 0 Å². The summed E-state index contributed by atoms with van der Waals surface area (Å²) in [5.74, 6) is 1.42. The Morgan fingerprint density at radius 2 is 1.93 bits per heavy atom. The summed E-state index contributed by atoms with van der Waals surface area (Å²) in [5.41, 5.74) is 0.416. The molecule has 0 spiro atoms. The third kappa shape index (κ3) is 2.52. The van der Waals surface area contributed by atoms with Crippen molar-refractivity contribution >= 4 is 12.1 Å². The molecule has 0 atom stereocenters. The number of carbonyl (C=O) groups is 1. The van der Waals surface area contributed by atoms with E-state index in [-0.39, 0.29) is 5.41 Å². The van der Waals surface area contributed by atoms with Gasteiger partial charge in [-0.1, -0.05) is 20.8 Å². The molecule has 0 amide bonds. The first-order chi connectivity index (χ1) is 6.86. The van der Waals surface area contributed by atoms with Gasteiger partial charge in [0.15, 0.2) is 6.29 Å². The van der Waals surface area contributed by atoms with E-state index in [1.807, 2.05) is 39.8 Å². The van der Waals surface area contributed by atoms with Crippen LogP contribution in [0.25, 0.3) is 0 Å². The van der Waals surface area contributed by atoms with E-state index in [1.54, 1.807) is 6.20 Å². The maximum absolute atomic E-state index is 10.8. The van der Waals surface area contributed by atoms with Gasteiger partial charge in [0.05, 0.1) is 5.56 Å². The lowest BCUT2D eigenvalue weighted by atomic mass is 9.95. The predicted molar refractivity (Wildman–Crippen MR) is 60.4 cm³/mol. The summed E-state index contributed by atoms with van der Waals surface area (Å²) in [6.07, 6.45) is 2.36. The van der Waals surface area contributed by atoms with Gasteiger partial charge < -0.3 is 4.90 Å². The summed E-state index contributed by atoms with van der Waals surface area (Å²) in [6.45, 7) is 6.13. The van der Waals surface area contributed by atoms with Crippen LogP contribution in [0.1, 0.15) is 37.0 Å². The lowest BCUT2D eigenvalue weighted by Crippen LogP contribution is -2.20. The van der Waals surface area contributed by atoms with Crippen LogP contribution in [0.5, 0.6) is 0 Å². The Kier molecular flexibility index (Phi) is 3.07. The Balaban J connectivity index is 3.28. The molecule has 0 N–H and O–H groups in total. The van der Waals surface area contributed by atoms with Crippen molar-refractivity contribution in [3.63, 3.8) is 0 Å². The van der Waals surface area contributed by atoms with Crippen molar-refractivity contribution in [1.29, 1.82) is 0 Å². The molecule has 0 bridgehead atoms. The number of carbonyl (C=O) groups excluding carboxylic acids is 1. The summed E-state index contributed by atoms with van der Waals surface area (Å²) < 4.78 is 0. The van der Waals surface area contributed by atoms with E-state index in [1.165, 1.54) is 0 Å². The number of rotatable bonds is 2. The minimum absolute atomic E-state index is 0.105. The summed E-state index contributed by atoms with van der Waals surface area (Å²) in [6, 6.07) is 0. The Bertz CT molecular complexity index is 367. The van der Waals surface area contributed by atoms with Crippen molar-refractivity contribution in [2.45, 2.75) is 26.2 Å². The molecule has 4 heteroatoms. The molecule has 0 unspecified atom stereocenters. The molecule has 4 nitrogen and oxygen atoms in total. The zero-order valence-electron chi connectivity index (χ0n) is 9.90. The third-order valence-electron chi connectivity index (χ3n) is 2.02. The van der Waals surface area contributed by atoms with Crippen LogP contribution in [0.3, 0.4) is 0 Å². The fraction of sp³-hybridized carbons (Fsp3) is 0.545. The average Bonchev–Trinajstić information content (AvgIpc) is 2.15. The van der Waals surface area contributed by atoms with Crippen LogP contribution in [0.4, 0.5) is 5.82 Å². The monoisotopic (exact) mass is 207 g/mol. The zero-order valence-corrected chi connectivity index (χ0v) is 9.90. The number of hydrogen-bond donors (Lipinski definition) is 0. The Morgan fingerprint density at radius 1 is 1.33 bits per heavy atom. The minimum Gasteiger partial charge on any atom is -0.362 e. The molecule has 0 aliphatic carbocycles. The summed E-state index contributed by atoms with van der Waals surface area (Å²) in [5, 5.41) is 0. The highest BCUT2D eigenvalue weighted by Gasteiger charge is 2.19. The molecule has 0 radical (unpaired) electrons. The first-order valence-corrected chi connectivity index (χ1v) is 4.86. The second-order valence-corrected chi connectivity index (χ2v) is 4.73. The number of nitrogens with zero attached hydrogens (tertiary/aromatic N) is 3. The molecule has 1 heterocycles.